The predicted octanol–water partition coefficient (Wildman–Crippen LogP) is 6.86. The van der Waals surface area contributed by atoms with E-state index in [1.54, 1.807) is 16.7 Å². The second-order valence-electron chi connectivity index (χ2n) is 6.60. The first kappa shape index (κ1) is 17.7. The molecule has 4 rings (SSSR count). The Balaban J connectivity index is 1.60. The third-order valence-electron chi connectivity index (χ3n) is 4.66. The summed E-state index contributed by atoms with van der Waals surface area (Å²) in [4.78, 5) is 17.1. The minimum atomic E-state index is -0.142. The molecule has 0 aliphatic carbocycles. The first-order valence-corrected chi connectivity index (χ1v) is 10.1. The molecule has 136 valence electrons. The summed E-state index contributed by atoms with van der Waals surface area (Å²) < 4.78 is 0. The van der Waals surface area contributed by atoms with E-state index in [0.29, 0.717) is 0 Å². The van der Waals surface area contributed by atoms with Gasteiger partial charge in [0.25, 0.3) is 0 Å². The molecule has 0 atom stereocenters. The van der Waals surface area contributed by atoms with E-state index < -0.39 is 0 Å². The lowest BCUT2D eigenvalue weighted by Gasteiger charge is -2.31. The molecule has 1 N–H and O–H groups in total. The van der Waals surface area contributed by atoms with Gasteiger partial charge < -0.3 is 5.32 Å². The number of aryl methyl sites for hydroxylation is 1. The number of hydrogen-bond acceptors (Lipinski definition) is 2. The van der Waals surface area contributed by atoms with Crippen molar-refractivity contribution in [1.82, 2.24) is 0 Å². The molecule has 0 saturated carbocycles. The number of carbonyl (C=O) groups is 1. The van der Waals surface area contributed by atoms with E-state index in [1.807, 2.05) is 48.5 Å². The number of carbonyl (C=O) groups excluding carboxylic acids is 1. The summed E-state index contributed by atoms with van der Waals surface area (Å²) in [7, 11) is 0. The highest BCUT2D eigenvalue weighted by molar-refractivity contribution is 7.99. The molecule has 1 aliphatic rings. The molecule has 27 heavy (non-hydrogen) atoms. The predicted molar refractivity (Wildman–Crippen MR) is 113 cm³/mol. The smallest absolute Gasteiger partial charge is 0.307 e. The second-order valence-corrected chi connectivity index (χ2v) is 7.69. The van der Waals surface area contributed by atoms with Gasteiger partial charge in [-0.3, -0.25) is 4.90 Å². The van der Waals surface area contributed by atoms with Crippen molar-refractivity contribution in [2.45, 2.75) is 36.0 Å². The molecular weight excluding hydrogens is 352 g/mol. The average Bonchev–Trinajstić information content (AvgIpc) is 2.71. The lowest BCUT2D eigenvalue weighted by molar-refractivity contribution is 0.259. The zero-order chi connectivity index (χ0) is 18.6. The zero-order valence-electron chi connectivity index (χ0n) is 15.3. The molecule has 0 saturated heterocycles. The van der Waals surface area contributed by atoms with Crippen LogP contribution in [0.5, 0.6) is 0 Å². The van der Waals surface area contributed by atoms with Gasteiger partial charge in [0.05, 0.1) is 11.4 Å². The fraction of sp³-hybridized carbons (Fsp3) is 0.174. The Labute approximate surface area is 164 Å². The van der Waals surface area contributed by atoms with Crippen LogP contribution in [-0.4, -0.2) is 6.03 Å². The van der Waals surface area contributed by atoms with Gasteiger partial charge in [-0.2, -0.15) is 0 Å². The number of para-hydroxylation sites is 2. The third kappa shape index (κ3) is 3.71. The monoisotopic (exact) mass is 374 g/mol. The molecule has 4 heteroatoms. The van der Waals surface area contributed by atoms with Gasteiger partial charge in [-0.25, -0.2) is 4.79 Å². The van der Waals surface area contributed by atoms with Gasteiger partial charge in [0.15, 0.2) is 0 Å². The Morgan fingerprint density at radius 1 is 0.889 bits per heavy atom. The van der Waals surface area contributed by atoms with Crippen LogP contribution in [0.15, 0.2) is 82.6 Å². The Kier molecular flexibility index (Phi) is 5.16. The molecule has 3 aromatic carbocycles. The van der Waals surface area contributed by atoms with Crippen LogP contribution in [0.4, 0.5) is 21.9 Å². The molecular formula is C23H22N2OS. The minimum Gasteiger partial charge on any atom is -0.307 e. The van der Waals surface area contributed by atoms with E-state index in [-0.39, 0.29) is 6.03 Å². The molecule has 3 nitrogen and oxygen atoms in total. The molecule has 0 unspecified atom stereocenters. The lowest BCUT2D eigenvalue weighted by Crippen LogP contribution is -2.32. The second kappa shape index (κ2) is 7.89. The number of unbranched alkanes of at least 4 members (excludes halogenated alkanes) is 1. The van der Waals surface area contributed by atoms with Crippen LogP contribution in [0.2, 0.25) is 0 Å². The Hall–Kier alpha value is -2.72. The standard InChI is InChI=1S/C23H22N2OS/c1-2-3-8-17-13-15-18(16-14-17)24-23(26)25-19-9-4-6-11-21(19)27-22-12-7-5-10-20(22)25/h4-7,9-16H,2-3,8H2,1H3,(H,24,26). The summed E-state index contributed by atoms with van der Waals surface area (Å²) in [5.74, 6) is 0. The maximum absolute atomic E-state index is 13.2. The first-order valence-electron chi connectivity index (χ1n) is 9.32. The normalized spacial score (nSPS) is 12.3. The van der Waals surface area contributed by atoms with Crippen LogP contribution in [-0.2, 0) is 6.42 Å². The summed E-state index contributed by atoms with van der Waals surface area (Å²) in [5, 5.41) is 3.05. The molecule has 0 radical (unpaired) electrons. The van der Waals surface area contributed by atoms with Gasteiger partial charge in [0.1, 0.15) is 0 Å². The fourth-order valence-electron chi connectivity index (χ4n) is 3.24. The molecule has 0 spiro atoms. The number of amides is 2. The molecule has 3 aromatic rings. The highest BCUT2D eigenvalue weighted by Gasteiger charge is 2.27. The van der Waals surface area contributed by atoms with Crippen molar-refractivity contribution >= 4 is 34.9 Å². The van der Waals surface area contributed by atoms with Gasteiger partial charge in [-0.05, 0) is 54.8 Å². The number of urea groups is 1. The van der Waals surface area contributed by atoms with E-state index in [4.69, 9.17) is 0 Å². The first-order chi connectivity index (χ1) is 13.3. The van der Waals surface area contributed by atoms with Crippen molar-refractivity contribution in [2.75, 3.05) is 10.2 Å². The summed E-state index contributed by atoms with van der Waals surface area (Å²) >= 11 is 1.70. The number of fused-ring (bicyclic) bond motifs is 2. The molecule has 1 aliphatic heterocycles. The average molecular weight is 375 g/mol. The Bertz CT molecular complexity index is 907. The van der Waals surface area contributed by atoms with E-state index in [1.165, 1.54) is 18.4 Å². The van der Waals surface area contributed by atoms with Crippen LogP contribution >= 0.6 is 11.8 Å². The zero-order valence-corrected chi connectivity index (χ0v) is 16.1. The largest absolute Gasteiger partial charge is 0.331 e. The highest BCUT2D eigenvalue weighted by Crippen LogP contribution is 2.47. The number of benzene rings is 3. The van der Waals surface area contributed by atoms with E-state index in [9.17, 15) is 4.79 Å². The van der Waals surface area contributed by atoms with Gasteiger partial charge in [-0.15, -0.1) is 0 Å². The van der Waals surface area contributed by atoms with Crippen molar-refractivity contribution in [3.8, 4) is 0 Å². The molecule has 2 amide bonds. The summed E-state index contributed by atoms with van der Waals surface area (Å²) in [6.45, 7) is 2.20. The number of nitrogens with zero attached hydrogens (tertiary/aromatic N) is 1. The number of nitrogens with one attached hydrogen (secondary N) is 1. The van der Waals surface area contributed by atoms with Gasteiger partial charge >= 0.3 is 6.03 Å². The van der Waals surface area contributed by atoms with Crippen LogP contribution in [0, 0.1) is 0 Å². The topological polar surface area (TPSA) is 32.3 Å². The van der Waals surface area contributed by atoms with E-state index in [0.717, 1.165) is 33.3 Å². The van der Waals surface area contributed by atoms with Crippen molar-refractivity contribution < 1.29 is 4.79 Å². The highest BCUT2D eigenvalue weighted by atomic mass is 32.2. The van der Waals surface area contributed by atoms with Crippen LogP contribution in [0.25, 0.3) is 0 Å². The molecule has 0 bridgehead atoms. The van der Waals surface area contributed by atoms with Gasteiger partial charge in [0, 0.05) is 15.5 Å². The molecule has 0 aromatic heterocycles. The van der Waals surface area contributed by atoms with Crippen LogP contribution in [0.1, 0.15) is 25.3 Å². The quantitative estimate of drug-likeness (QED) is 0.541. The minimum absolute atomic E-state index is 0.142. The van der Waals surface area contributed by atoms with Gasteiger partial charge in [-0.1, -0.05) is 61.5 Å². The van der Waals surface area contributed by atoms with Crippen molar-refractivity contribution in [2.24, 2.45) is 0 Å². The van der Waals surface area contributed by atoms with E-state index in [2.05, 4.69) is 36.5 Å². The Morgan fingerprint density at radius 3 is 2.07 bits per heavy atom. The number of anilines is 3. The van der Waals surface area contributed by atoms with E-state index >= 15 is 0 Å². The lowest BCUT2D eigenvalue weighted by atomic mass is 10.1. The Morgan fingerprint density at radius 2 is 1.48 bits per heavy atom. The molecule has 0 fully saturated rings. The summed E-state index contributed by atoms with van der Waals surface area (Å²) in [6.07, 6.45) is 3.45. The third-order valence-corrected chi connectivity index (χ3v) is 5.79. The summed E-state index contributed by atoms with van der Waals surface area (Å²) in [5.41, 5.74) is 3.95. The van der Waals surface area contributed by atoms with Crippen molar-refractivity contribution in [3.63, 3.8) is 0 Å². The maximum Gasteiger partial charge on any atom is 0.331 e. The SMILES string of the molecule is CCCCc1ccc(NC(=O)N2c3ccccc3Sc3ccccc32)cc1. The van der Waals surface area contributed by atoms with Crippen LogP contribution in [0.3, 0.4) is 0 Å². The van der Waals surface area contributed by atoms with Crippen molar-refractivity contribution in [3.05, 3.63) is 78.4 Å². The molecule has 1 heterocycles. The number of rotatable bonds is 4. The van der Waals surface area contributed by atoms with Gasteiger partial charge in [0.2, 0.25) is 0 Å². The van der Waals surface area contributed by atoms with Crippen molar-refractivity contribution in [1.29, 1.82) is 0 Å². The van der Waals surface area contributed by atoms with Crippen LogP contribution < -0.4 is 10.2 Å². The fourth-order valence-corrected chi connectivity index (χ4v) is 4.30. The number of hydrogen-bond donors (Lipinski definition) is 1. The maximum atomic E-state index is 13.2. The summed E-state index contributed by atoms with van der Waals surface area (Å²) in [6, 6.07) is 24.1.